The Morgan fingerprint density at radius 2 is 2.06 bits per heavy atom. The highest BCUT2D eigenvalue weighted by Gasteiger charge is 2.08. The van der Waals surface area contributed by atoms with Crippen molar-refractivity contribution in [1.29, 1.82) is 0 Å². The van der Waals surface area contributed by atoms with Crippen LogP contribution in [0.15, 0.2) is 23.3 Å². The smallest absolute Gasteiger partial charge is 0.0962 e. The SMILES string of the molecule is Cc1c(C)c2cccnc2c2c1=CCCN=2. The average molecular weight is 210 g/mol. The van der Waals surface area contributed by atoms with E-state index in [1.165, 1.54) is 21.7 Å². The molecule has 3 rings (SSSR count). The summed E-state index contributed by atoms with van der Waals surface area (Å²) in [6.07, 6.45) is 5.19. The van der Waals surface area contributed by atoms with Crippen molar-refractivity contribution in [3.05, 3.63) is 40.0 Å². The van der Waals surface area contributed by atoms with Gasteiger partial charge in [0.25, 0.3) is 0 Å². The molecule has 0 radical (unpaired) electrons. The van der Waals surface area contributed by atoms with E-state index in [-0.39, 0.29) is 0 Å². The summed E-state index contributed by atoms with van der Waals surface area (Å²) in [5.41, 5.74) is 3.73. The summed E-state index contributed by atoms with van der Waals surface area (Å²) in [4.78, 5) is 9.11. The summed E-state index contributed by atoms with van der Waals surface area (Å²) < 4.78 is 0. The Hall–Kier alpha value is -1.70. The highest BCUT2D eigenvalue weighted by molar-refractivity contribution is 5.83. The van der Waals surface area contributed by atoms with Crippen molar-refractivity contribution in [2.45, 2.75) is 20.3 Å². The Labute approximate surface area is 94.4 Å². The van der Waals surface area contributed by atoms with Gasteiger partial charge in [0, 0.05) is 23.3 Å². The zero-order valence-electron chi connectivity index (χ0n) is 9.62. The molecule has 0 atom stereocenters. The second-order valence-corrected chi connectivity index (χ2v) is 4.29. The van der Waals surface area contributed by atoms with Gasteiger partial charge in [-0.25, -0.2) is 0 Å². The third-order valence-corrected chi connectivity index (χ3v) is 3.41. The molecule has 0 spiro atoms. The van der Waals surface area contributed by atoms with E-state index in [9.17, 15) is 0 Å². The molecular weight excluding hydrogens is 196 g/mol. The number of fused-ring (bicyclic) bond motifs is 3. The number of aryl methyl sites for hydroxylation is 1. The molecule has 1 aromatic heterocycles. The molecule has 2 heterocycles. The molecular formula is C14H14N2. The molecule has 0 fully saturated rings. The third-order valence-electron chi connectivity index (χ3n) is 3.41. The summed E-state index contributed by atoms with van der Waals surface area (Å²) >= 11 is 0. The second kappa shape index (κ2) is 3.41. The first-order chi connectivity index (χ1) is 7.79. The summed E-state index contributed by atoms with van der Waals surface area (Å²) in [5, 5.41) is 3.61. The van der Waals surface area contributed by atoms with Gasteiger partial charge in [0.15, 0.2) is 0 Å². The van der Waals surface area contributed by atoms with Crippen molar-refractivity contribution >= 4 is 17.0 Å². The molecule has 16 heavy (non-hydrogen) atoms. The molecule has 0 amide bonds. The highest BCUT2D eigenvalue weighted by atomic mass is 14.8. The quantitative estimate of drug-likeness (QED) is 0.649. The molecule has 2 heteroatoms. The fourth-order valence-corrected chi connectivity index (χ4v) is 2.40. The lowest BCUT2D eigenvalue weighted by Gasteiger charge is -2.10. The average Bonchev–Trinajstić information content (AvgIpc) is 2.36. The summed E-state index contributed by atoms with van der Waals surface area (Å²) in [6.45, 7) is 5.24. The van der Waals surface area contributed by atoms with Gasteiger partial charge in [-0.2, -0.15) is 0 Å². The first-order valence-corrected chi connectivity index (χ1v) is 5.67. The van der Waals surface area contributed by atoms with Crippen LogP contribution in [0.25, 0.3) is 17.0 Å². The molecule has 80 valence electrons. The number of nitrogens with zero attached hydrogens (tertiary/aromatic N) is 2. The maximum Gasteiger partial charge on any atom is 0.0962 e. The molecule has 0 bridgehead atoms. The zero-order valence-corrected chi connectivity index (χ0v) is 9.62. The molecule has 0 aliphatic carbocycles. The number of aromatic nitrogens is 1. The molecule has 2 aromatic rings. The highest BCUT2D eigenvalue weighted by Crippen LogP contribution is 2.14. The fraction of sp³-hybridized carbons (Fsp3) is 0.286. The zero-order chi connectivity index (χ0) is 11.1. The minimum absolute atomic E-state index is 0.890. The topological polar surface area (TPSA) is 25.2 Å². The minimum atomic E-state index is 0.890. The maximum absolute atomic E-state index is 4.63. The summed E-state index contributed by atoms with van der Waals surface area (Å²) in [6, 6.07) is 4.13. The number of benzene rings is 1. The van der Waals surface area contributed by atoms with Crippen molar-refractivity contribution < 1.29 is 0 Å². The van der Waals surface area contributed by atoms with Gasteiger partial charge in [-0.3, -0.25) is 9.98 Å². The molecule has 2 nitrogen and oxygen atoms in total. The number of rotatable bonds is 0. The molecule has 1 aliphatic rings. The van der Waals surface area contributed by atoms with Crippen molar-refractivity contribution in [2.75, 3.05) is 6.54 Å². The van der Waals surface area contributed by atoms with Crippen LogP contribution in [0, 0.1) is 13.8 Å². The fourth-order valence-electron chi connectivity index (χ4n) is 2.40. The summed E-state index contributed by atoms with van der Waals surface area (Å²) in [5.74, 6) is 0. The van der Waals surface area contributed by atoms with Gasteiger partial charge in [-0.05, 0) is 37.5 Å². The van der Waals surface area contributed by atoms with E-state index in [0.29, 0.717) is 0 Å². The van der Waals surface area contributed by atoms with Gasteiger partial charge in [-0.1, -0.05) is 12.1 Å². The standard InChI is InChI=1S/C14H14N2/c1-9-10(2)12-6-4-8-16-14(12)13-11(9)5-3-7-15-13/h3,5-7H,4,8H2,1-2H3. The van der Waals surface area contributed by atoms with E-state index < -0.39 is 0 Å². The van der Waals surface area contributed by atoms with Gasteiger partial charge < -0.3 is 0 Å². The van der Waals surface area contributed by atoms with Crippen LogP contribution in [0.4, 0.5) is 0 Å². The third kappa shape index (κ3) is 1.19. The minimum Gasteiger partial charge on any atom is -0.282 e. The van der Waals surface area contributed by atoms with E-state index >= 15 is 0 Å². The van der Waals surface area contributed by atoms with Gasteiger partial charge >= 0.3 is 0 Å². The Bertz CT molecular complexity index is 684. The first-order valence-electron chi connectivity index (χ1n) is 5.67. The van der Waals surface area contributed by atoms with Crippen molar-refractivity contribution in [2.24, 2.45) is 4.99 Å². The predicted molar refractivity (Wildman–Crippen MR) is 65.9 cm³/mol. The van der Waals surface area contributed by atoms with Crippen molar-refractivity contribution in [3.8, 4) is 0 Å². The Kier molecular flexibility index (Phi) is 2.03. The van der Waals surface area contributed by atoms with Crippen LogP contribution in [-0.2, 0) is 0 Å². The lowest BCUT2D eigenvalue weighted by atomic mass is 9.99. The maximum atomic E-state index is 4.63. The van der Waals surface area contributed by atoms with Gasteiger partial charge in [0.1, 0.15) is 0 Å². The van der Waals surface area contributed by atoms with Crippen LogP contribution in [0.3, 0.4) is 0 Å². The van der Waals surface area contributed by atoms with E-state index in [4.69, 9.17) is 0 Å². The monoisotopic (exact) mass is 210 g/mol. The van der Waals surface area contributed by atoms with E-state index in [1.807, 2.05) is 12.3 Å². The largest absolute Gasteiger partial charge is 0.282 e. The number of hydrogen-bond acceptors (Lipinski definition) is 2. The predicted octanol–water partition coefficient (Wildman–Crippen LogP) is 1.66. The van der Waals surface area contributed by atoms with Crippen LogP contribution in [0.1, 0.15) is 17.5 Å². The van der Waals surface area contributed by atoms with Crippen LogP contribution in [0.2, 0.25) is 0 Å². The van der Waals surface area contributed by atoms with Crippen LogP contribution < -0.4 is 10.6 Å². The van der Waals surface area contributed by atoms with Gasteiger partial charge in [0.2, 0.25) is 0 Å². The van der Waals surface area contributed by atoms with E-state index in [1.54, 1.807) is 0 Å². The lowest BCUT2D eigenvalue weighted by Crippen LogP contribution is -2.32. The van der Waals surface area contributed by atoms with E-state index in [2.05, 4.69) is 36.0 Å². The van der Waals surface area contributed by atoms with Crippen molar-refractivity contribution in [1.82, 2.24) is 4.98 Å². The Morgan fingerprint density at radius 3 is 2.94 bits per heavy atom. The number of hydrogen-bond donors (Lipinski definition) is 0. The molecule has 1 aromatic carbocycles. The lowest BCUT2D eigenvalue weighted by molar-refractivity contribution is 0.958. The summed E-state index contributed by atoms with van der Waals surface area (Å²) in [7, 11) is 0. The van der Waals surface area contributed by atoms with E-state index in [0.717, 1.165) is 23.8 Å². The molecule has 0 unspecified atom stereocenters. The molecule has 0 saturated heterocycles. The Balaban J connectivity index is 2.68. The van der Waals surface area contributed by atoms with Crippen LogP contribution in [-0.4, -0.2) is 11.5 Å². The Morgan fingerprint density at radius 1 is 1.19 bits per heavy atom. The van der Waals surface area contributed by atoms with Crippen LogP contribution >= 0.6 is 0 Å². The van der Waals surface area contributed by atoms with Gasteiger partial charge in [-0.15, -0.1) is 0 Å². The normalized spacial score (nSPS) is 14.1. The molecule has 0 N–H and O–H groups in total. The second-order valence-electron chi connectivity index (χ2n) is 4.29. The van der Waals surface area contributed by atoms with Crippen LogP contribution in [0.5, 0.6) is 0 Å². The number of pyridine rings is 1. The molecule has 1 aliphatic heterocycles. The van der Waals surface area contributed by atoms with Crippen molar-refractivity contribution in [3.63, 3.8) is 0 Å². The van der Waals surface area contributed by atoms with Gasteiger partial charge in [0.05, 0.1) is 10.9 Å². The first kappa shape index (κ1) is 9.52. The molecule has 0 saturated carbocycles.